The van der Waals surface area contributed by atoms with E-state index < -0.39 is 0 Å². The molecule has 4 atom stereocenters. The van der Waals surface area contributed by atoms with Gasteiger partial charge in [0.15, 0.2) is 0 Å². The Morgan fingerprint density at radius 2 is 2.07 bits per heavy atom. The summed E-state index contributed by atoms with van der Waals surface area (Å²) >= 11 is 6.34. The Morgan fingerprint density at radius 1 is 1.13 bits per heavy atom. The van der Waals surface area contributed by atoms with Gasteiger partial charge in [-0.25, -0.2) is 0 Å². The fourth-order valence-electron chi connectivity index (χ4n) is 6.81. The van der Waals surface area contributed by atoms with Gasteiger partial charge in [-0.3, -0.25) is 9.69 Å². The molecule has 5 heteroatoms. The number of hydrogen-bond donors (Lipinski definition) is 0. The molecule has 2 aromatic rings. The van der Waals surface area contributed by atoms with Crippen LogP contribution in [-0.2, 0) is 11.3 Å². The number of likely N-dealkylation sites (tertiary alicyclic amines) is 1. The number of nitrogens with zero attached hydrogens (tertiary/aromatic N) is 3. The van der Waals surface area contributed by atoms with Crippen LogP contribution >= 0.6 is 11.6 Å². The molecular weight excluding hydrogens is 394 g/mol. The Balaban J connectivity index is 1.27. The van der Waals surface area contributed by atoms with Crippen molar-refractivity contribution in [2.24, 2.45) is 11.8 Å². The van der Waals surface area contributed by atoms with E-state index >= 15 is 0 Å². The fourth-order valence-corrected chi connectivity index (χ4v) is 7.05. The Bertz CT molecular complexity index is 1010. The molecule has 4 heterocycles. The van der Waals surface area contributed by atoms with E-state index in [-0.39, 0.29) is 5.91 Å². The third kappa shape index (κ3) is 3.03. The molecule has 6 rings (SSSR count). The van der Waals surface area contributed by atoms with Crippen LogP contribution in [0.4, 0.5) is 0 Å². The Morgan fingerprint density at radius 3 is 3.00 bits per heavy atom. The van der Waals surface area contributed by atoms with Gasteiger partial charge >= 0.3 is 0 Å². The molecule has 1 aromatic heterocycles. The second-order valence-corrected chi connectivity index (χ2v) is 10.1. The average molecular weight is 424 g/mol. The number of fused-ring (bicyclic) bond motifs is 7. The van der Waals surface area contributed by atoms with Crippen molar-refractivity contribution >= 4 is 28.4 Å². The molecule has 3 saturated heterocycles. The van der Waals surface area contributed by atoms with Crippen LogP contribution in [0.1, 0.15) is 38.5 Å². The normalized spacial score (nSPS) is 31.2. The van der Waals surface area contributed by atoms with E-state index in [0.717, 1.165) is 34.9 Å². The van der Waals surface area contributed by atoms with Gasteiger partial charge in [0, 0.05) is 41.3 Å². The maximum atomic E-state index is 13.5. The third-order valence-electron chi connectivity index (χ3n) is 8.04. The van der Waals surface area contributed by atoms with Crippen molar-refractivity contribution in [1.82, 2.24) is 14.4 Å². The molecule has 0 N–H and O–H groups in total. The Labute approximate surface area is 183 Å². The smallest absolute Gasteiger partial charge is 0.243 e. The number of carbonyl (C=O) groups is 1. The summed E-state index contributed by atoms with van der Waals surface area (Å²) in [7, 11) is 0. The topological polar surface area (TPSA) is 28.5 Å². The van der Waals surface area contributed by atoms with Gasteiger partial charge in [-0.1, -0.05) is 35.7 Å². The van der Waals surface area contributed by atoms with Crippen molar-refractivity contribution in [3.05, 3.63) is 47.1 Å². The highest BCUT2D eigenvalue weighted by atomic mass is 35.5. The maximum Gasteiger partial charge on any atom is 0.243 e. The van der Waals surface area contributed by atoms with Crippen molar-refractivity contribution in [2.45, 2.75) is 57.2 Å². The van der Waals surface area contributed by atoms with E-state index in [0.29, 0.717) is 24.4 Å². The molecule has 4 aliphatic rings. The number of piperidine rings is 3. The molecule has 4 unspecified atom stereocenters. The quantitative estimate of drug-likeness (QED) is 0.654. The monoisotopic (exact) mass is 423 g/mol. The summed E-state index contributed by atoms with van der Waals surface area (Å²) in [5.74, 6) is 1.56. The van der Waals surface area contributed by atoms with Gasteiger partial charge in [0.2, 0.25) is 5.91 Å². The number of hydrogen-bond acceptors (Lipinski definition) is 2. The van der Waals surface area contributed by atoms with Gasteiger partial charge in [0.25, 0.3) is 0 Å². The highest BCUT2D eigenvalue weighted by Gasteiger charge is 2.46. The zero-order chi connectivity index (χ0) is 20.2. The third-order valence-corrected chi connectivity index (χ3v) is 8.37. The predicted molar refractivity (Wildman–Crippen MR) is 121 cm³/mol. The largest absolute Gasteiger partial charge is 0.338 e. The second-order valence-electron chi connectivity index (χ2n) is 9.71. The first-order valence-corrected chi connectivity index (χ1v) is 12.0. The lowest BCUT2D eigenvalue weighted by Gasteiger charge is -2.54. The molecule has 2 bridgehead atoms. The number of amides is 1. The molecule has 0 saturated carbocycles. The van der Waals surface area contributed by atoms with E-state index in [2.05, 4.69) is 26.5 Å². The molecule has 0 spiro atoms. The van der Waals surface area contributed by atoms with Gasteiger partial charge in [0.1, 0.15) is 6.54 Å². The van der Waals surface area contributed by atoms with E-state index in [1.165, 1.54) is 45.2 Å². The van der Waals surface area contributed by atoms with E-state index in [9.17, 15) is 4.79 Å². The zero-order valence-corrected chi connectivity index (χ0v) is 18.2. The predicted octanol–water partition coefficient (Wildman–Crippen LogP) is 4.72. The standard InChI is InChI=1S/C25H30ClN3O/c26-21-6-3-8-23-20(21)9-12-28(23)16-24(30)29-11-4-5-17-13-18-14-19(25(17)29)15-27-10-2-1-7-22(18)27/h3,6,8-9,12-13,18-19,22,25H,1-2,4-5,7,10-11,14-16H2. The summed E-state index contributed by atoms with van der Waals surface area (Å²) in [4.78, 5) is 18.5. The SMILES string of the molecule is O=C(Cn1ccc2c(Cl)cccc21)N1CCCC2=CC3CC(CN4CCCCC34)C21. The lowest BCUT2D eigenvalue weighted by Crippen LogP contribution is -2.60. The average Bonchev–Trinajstić information content (AvgIpc) is 3.17. The molecule has 158 valence electrons. The molecule has 1 amide bonds. The molecule has 30 heavy (non-hydrogen) atoms. The summed E-state index contributed by atoms with van der Waals surface area (Å²) in [6, 6.07) is 9.02. The van der Waals surface area contributed by atoms with Crippen LogP contribution in [-0.4, -0.2) is 52.0 Å². The molecule has 3 aliphatic heterocycles. The summed E-state index contributed by atoms with van der Waals surface area (Å²) in [5.41, 5.74) is 2.60. The minimum absolute atomic E-state index is 0.252. The maximum absolute atomic E-state index is 13.5. The highest BCUT2D eigenvalue weighted by molar-refractivity contribution is 6.35. The summed E-state index contributed by atoms with van der Waals surface area (Å²) in [6.07, 6.45) is 12.2. The van der Waals surface area contributed by atoms with Gasteiger partial charge in [-0.05, 0) is 68.7 Å². The lowest BCUT2D eigenvalue weighted by atomic mass is 9.68. The van der Waals surface area contributed by atoms with Gasteiger partial charge in [0.05, 0.1) is 6.04 Å². The van der Waals surface area contributed by atoms with Crippen LogP contribution < -0.4 is 0 Å². The number of carbonyl (C=O) groups excluding carboxylic acids is 1. The van der Waals surface area contributed by atoms with E-state index in [1.807, 2.05) is 24.4 Å². The van der Waals surface area contributed by atoms with Crippen LogP contribution in [0.3, 0.4) is 0 Å². The summed E-state index contributed by atoms with van der Waals surface area (Å²) < 4.78 is 2.06. The summed E-state index contributed by atoms with van der Waals surface area (Å²) in [6.45, 7) is 3.72. The van der Waals surface area contributed by atoms with Gasteiger partial charge in [-0.15, -0.1) is 0 Å². The Kier molecular flexibility index (Phi) is 4.69. The minimum Gasteiger partial charge on any atom is -0.338 e. The van der Waals surface area contributed by atoms with Crippen molar-refractivity contribution in [3.63, 3.8) is 0 Å². The lowest BCUT2D eigenvalue weighted by molar-refractivity contribution is -0.136. The number of aromatic nitrogens is 1. The second kappa shape index (κ2) is 7.42. The van der Waals surface area contributed by atoms with Crippen molar-refractivity contribution in [2.75, 3.05) is 19.6 Å². The number of rotatable bonds is 2. The van der Waals surface area contributed by atoms with Crippen LogP contribution in [0.25, 0.3) is 10.9 Å². The van der Waals surface area contributed by atoms with Crippen molar-refractivity contribution in [3.8, 4) is 0 Å². The first-order valence-electron chi connectivity index (χ1n) is 11.7. The number of halogens is 1. The van der Waals surface area contributed by atoms with E-state index in [4.69, 9.17) is 11.6 Å². The number of benzene rings is 1. The zero-order valence-electron chi connectivity index (χ0n) is 17.5. The van der Waals surface area contributed by atoms with Crippen LogP contribution in [0.2, 0.25) is 5.02 Å². The molecule has 3 fully saturated rings. The summed E-state index contributed by atoms with van der Waals surface area (Å²) in [5, 5.41) is 1.77. The minimum atomic E-state index is 0.252. The Hall–Kier alpha value is -1.78. The van der Waals surface area contributed by atoms with E-state index in [1.54, 1.807) is 5.57 Å². The molecule has 0 radical (unpaired) electrons. The van der Waals surface area contributed by atoms with Crippen LogP contribution in [0, 0.1) is 11.8 Å². The van der Waals surface area contributed by atoms with Gasteiger partial charge in [-0.2, -0.15) is 0 Å². The first-order chi connectivity index (χ1) is 14.7. The van der Waals surface area contributed by atoms with Crippen molar-refractivity contribution < 1.29 is 4.79 Å². The van der Waals surface area contributed by atoms with Crippen molar-refractivity contribution in [1.29, 1.82) is 0 Å². The fraction of sp³-hybridized carbons (Fsp3) is 0.560. The molecule has 4 nitrogen and oxygen atoms in total. The van der Waals surface area contributed by atoms with Crippen LogP contribution in [0.15, 0.2) is 42.1 Å². The van der Waals surface area contributed by atoms with Crippen LogP contribution in [0.5, 0.6) is 0 Å². The highest BCUT2D eigenvalue weighted by Crippen LogP contribution is 2.45. The molecular formula is C25H30ClN3O. The molecule has 1 aromatic carbocycles. The first kappa shape index (κ1) is 18.9. The van der Waals surface area contributed by atoms with Gasteiger partial charge < -0.3 is 9.47 Å². The molecule has 1 aliphatic carbocycles.